The Morgan fingerprint density at radius 3 is 2.12 bits per heavy atom. The lowest BCUT2D eigenvalue weighted by molar-refractivity contribution is 0.00578. The van der Waals surface area contributed by atoms with Crippen molar-refractivity contribution in [1.29, 1.82) is 0 Å². The van der Waals surface area contributed by atoms with Crippen molar-refractivity contribution in [2.75, 3.05) is 32.5 Å². The lowest BCUT2D eigenvalue weighted by Crippen LogP contribution is -2.41. The number of hydrogen-bond donors (Lipinski definition) is 2. The summed E-state index contributed by atoms with van der Waals surface area (Å²) >= 11 is 0. The van der Waals surface area contributed by atoms with Crippen LogP contribution in [0.3, 0.4) is 0 Å². The van der Waals surface area contributed by atoms with Gasteiger partial charge in [0, 0.05) is 18.8 Å². The molecule has 1 aromatic rings. The quantitative estimate of drug-likeness (QED) is 0.805. The number of nitrogens with zero attached hydrogens (tertiary/aromatic N) is 1. The van der Waals surface area contributed by atoms with E-state index < -0.39 is 7.12 Å². The molecule has 2 amide bonds. The minimum absolute atomic E-state index is 0.208. The van der Waals surface area contributed by atoms with Gasteiger partial charge in [-0.05, 0) is 59.4 Å². The minimum Gasteiger partial charge on any atom is -0.399 e. The molecule has 1 heterocycles. The van der Waals surface area contributed by atoms with Crippen LogP contribution in [0.4, 0.5) is 10.5 Å². The van der Waals surface area contributed by atoms with Crippen LogP contribution in [0.5, 0.6) is 0 Å². The molecule has 0 aromatic heterocycles. The zero-order valence-corrected chi connectivity index (χ0v) is 15.5. The summed E-state index contributed by atoms with van der Waals surface area (Å²) in [6.45, 7) is 9.52. The van der Waals surface area contributed by atoms with Gasteiger partial charge in [0.25, 0.3) is 0 Å². The Morgan fingerprint density at radius 2 is 1.62 bits per heavy atom. The number of rotatable bonds is 5. The van der Waals surface area contributed by atoms with Crippen molar-refractivity contribution in [2.24, 2.45) is 0 Å². The Kier molecular flexibility index (Phi) is 5.57. The van der Waals surface area contributed by atoms with Crippen molar-refractivity contribution in [3.8, 4) is 0 Å². The number of amides is 2. The summed E-state index contributed by atoms with van der Waals surface area (Å²) in [6, 6.07) is 7.33. The average Bonchev–Trinajstić information content (AvgIpc) is 2.67. The van der Waals surface area contributed by atoms with Crippen molar-refractivity contribution >= 4 is 24.3 Å². The van der Waals surface area contributed by atoms with E-state index in [2.05, 4.69) is 10.6 Å². The molecule has 6 nitrogen and oxygen atoms in total. The molecular weight excluding hydrogens is 305 g/mol. The molecule has 2 rings (SSSR count). The highest BCUT2D eigenvalue weighted by atomic mass is 16.7. The number of anilines is 1. The number of carbonyl (C=O) groups excluding carboxylic acids is 1. The van der Waals surface area contributed by atoms with Gasteiger partial charge in [0.15, 0.2) is 0 Å². The van der Waals surface area contributed by atoms with E-state index in [0.717, 1.165) is 17.7 Å². The molecule has 24 heavy (non-hydrogen) atoms. The molecule has 0 aliphatic carbocycles. The third-order valence-electron chi connectivity index (χ3n) is 4.54. The molecule has 0 saturated carbocycles. The van der Waals surface area contributed by atoms with Gasteiger partial charge >= 0.3 is 13.1 Å². The van der Waals surface area contributed by atoms with Gasteiger partial charge < -0.3 is 24.8 Å². The minimum atomic E-state index is -0.391. The SMILES string of the molecule is CN(C)CCNC(=O)Nc1ccc(B2OC(C)(C)C(C)(C)O2)cc1. The van der Waals surface area contributed by atoms with Crippen LogP contribution in [-0.2, 0) is 9.31 Å². The molecule has 0 bridgehead atoms. The Balaban J connectivity index is 1.91. The fourth-order valence-electron chi connectivity index (χ4n) is 2.27. The highest BCUT2D eigenvalue weighted by molar-refractivity contribution is 6.62. The van der Waals surface area contributed by atoms with Crippen molar-refractivity contribution in [3.63, 3.8) is 0 Å². The molecule has 2 N–H and O–H groups in total. The summed E-state index contributed by atoms with van der Waals surface area (Å²) in [7, 11) is 3.54. The first-order valence-electron chi connectivity index (χ1n) is 8.26. The van der Waals surface area contributed by atoms with Crippen molar-refractivity contribution in [1.82, 2.24) is 10.2 Å². The summed E-state index contributed by atoms with van der Waals surface area (Å²) in [5, 5.41) is 5.63. The highest BCUT2D eigenvalue weighted by Gasteiger charge is 2.51. The lowest BCUT2D eigenvalue weighted by Gasteiger charge is -2.32. The van der Waals surface area contributed by atoms with Gasteiger partial charge in [-0.1, -0.05) is 12.1 Å². The fourth-order valence-corrected chi connectivity index (χ4v) is 2.27. The molecular formula is C17H28BN3O3. The number of benzene rings is 1. The van der Waals surface area contributed by atoms with E-state index in [4.69, 9.17) is 9.31 Å². The molecule has 132 valence electrons. The second kappa shape index (κ2) is 7.13. The van der Waals surface area contributed by atoms with Gasteiger partial charge in [-0.2, -0.15) is 0 Å². The van der Waals surface area contributed by atoms with Crippen LogP contribution in [0, 0.1) is 0 Å². The molecule has 1 aliphatic rings. The summed E-state index contributed by atoms with van der Waals surface area (Å²) in [5.41, 5.74) is 0.951. The molecule has 1 fully saturated rings. The highest BCUT2D eigenvalue weighted by Crippen LogP contribution is 2.36. The summed E-state index contributed by atoms with van der Waals surface area (Å²) in [4.78, 5) is 13.8. The van der Waals surface area contributed by atoms with Gasteiger partial charge in [0.1, 0.15) is 0 Å². The Hall–Kier alpha value is -1.57. The molecule has 0 radical (unpaired) electrons. The normalized spacial score (nSPS) is 18.7. The average molecular weight is 333 g/mol. The number of hydrogen-bond acceptors (Lipinski definition) is 4. The topological polar surface area (TPSA) is 62.8 Å². The maximum Gasteiger partial charge on any atom is 0.494 e. The molecule has 1 saturated heterocycles. The van der Waals surface area contributed by atoms with Gasteiger partial charge in [0.05, 0.1) is 11.2 Å². The predicted molar refractivity (Wildman–Crippen MR) is 97.7 cm³/mol. The first kappa shape index (κ1) is 18.8. The van der Waals surface area contributed by atoms with E-state index in [-0.39, 0.29) is 17.2 Å². The molecule has 1 aromatic carbocycles. The molecule has 0 atom stereocenters. The number of nitrogens with one attached hydrogen (secondary N) is 2. The first-order chi connectivity index (χ1) is 11.1. The monoisotopic (exact) mass is 333 g/mol. The Labute approximate surface area is 145 Å². The van der Waals surface area contributed by atoms with Crippen LogP contribution >= 0.6 is 0 Å². The standard InChI is InChI=1S/C17H28BN3O3/c1-16(2)17(3,4)24-18(23-16)13-7-9-14(10-8-13)20-15(22)19-11-12-21(5)6/h7-10H,11-12H2,1-6H3,(H2,19,20,22). The summed E-state index contributed by atoms with van der Waals surface area (Å²) in [5.74, 6) is 0. The van der Waals surface area contributed by atoms with Gasteiger partial charge in [-0.15, -0.1) is 0 Å². The molecule has 0 spiro atoms. The van der Waals surface area contributed by atoms with E-state index in [1.165, 1.54) is 0 Å². The molecule has 7 heteroatoms. The van der Waals surface area contributed by atoms with E-state index in [0.29, 0.717) is 6.54 Å². The van der Waals surface area contributed by atoms with Crippen LogP contribution in [0.2, 0.25) is 0 Å². The first-order valence-corrected chi connectivity index (χ1v) is 8.26. The number of likely N-dealkylation sites (N-methyl/N-ethyl adjacent to an activating group) is 1. The van der Waals surface area contributed by atoms with Gasteiger partial charge in [-0.25, -0.2) is 4.79 Å². The van der Waals surface area contributed by atoms with E-state index >= 15 is 0 Å². The van der Waals surface area contributed by atoms with Gasteiger partial charge in [-0.3, -0.25) is 0 Å². The number of urea groups is 1. The van der Waals surface area contributed by atoms with Crippen molar-refractivity contribution < 1.29 is 14.1 Å². The number of carbonyl (C=O) groups is 1. The van der Waals surface area contributed by atoms with E-state index in [9.17, 15) is 4.79 Å². The van der Waals surface area contributed by atoms with E-state index in [1.807, 2.05) is 71.0 Å². The second-order valence-electron chi connectivity index (χ2n) is 7.39. The summed E-state index contributed by atoms with van der Waals surface area (Å²) < 4.78 is 12.0. The third kappa shape index (κ3) is 4.50. The van der Waals surface area contributed by atoms with Crippen LogP contribution in [0.25, 0.3) is 0 Å². The largest absolute Gasteiger partial charge is 0.494 e. The van der Waals surface area contributed by atoms with Crippen LogP contribution in [0.15, 0.2) is 24.3 Å². The van der Waals surface area contributed by atoms with Crippen molar-refractivity contribution in [2.45, 2.75) is 38.9 Å². The fraction of sp³-hybridized carbons (Fsp3) is 0.588. The maximum atomic E-state index is 11.8. The lowest BCUT2D eigenvalue weighted by atomic mass is 9.79. The Morgan fingerprint density at radius 1 is 1.08 bits per heavy atom. The zero-order valence-electron chi connectivity index (χ0n) is 15.5. The van der Waals surface area contributed by atoms with Crippen LogP contribution < -0.4 is 16.1 Å². The molecule has 0 unspecified atom stereocenters. The van der Waals surface area contributed by atoms with Crippen LogP contribution in [-0.4, -0.2) is 56.4 Å². The van der Waals surface area contributed by atoms with Crippen molar-refractivity contribution in [3.05, 3.63) is 24.3 Å². The second-order valence-corrected chi connectivity index (χ2v) is 7.39. The van der Waals surface area contributed by atoms with Crippen LogP contribution in [0.1, 0.15) is 27.7 Å². The van der Waals surface area contributed by atoms with E-state index in [1.54, 1.807) is 0 Å². The predicted octanol–water partition coefficient (Wildman–Crippen LogP) is 1.67. The third-order valence-corrected chi connectivity index (χ3v) is 4.54. The maximum absolute atomic E-state index is 11.8. The Bertz CT molecular complexity index is 557. The molecule has 1 aliphatic heterocycles. The van der Waals surface area contributed by atoms with Gasteiger partial charge in [0.2, 0.25) is 0 Å². The zero-order chi connectivity index (χ0) is 18.0. The summed E-state index contributed by atoms with van der Waals surface area (Å²) in [6.07, 6.45) is 0. The smallest absolute Gasteiger partial charge is 0.399 e.